The number of aliphatic hydroxyl groups excluding tert-OH is 1. The van der Waals surface area contributed by atoms with Gasteiger partial charge in [-0.25, -0.2) is 0 Å². The molecule has 102 valence electrons. The van der Waals surface area contributed by atoms with E-state index in [2.05, 4.69) is 53.7 Å². The second kappa shape index (κ2) is 7.80. The van der Waals surface area contributed by atoms with Gasteiger partial charge in [-0.2, -0.15) is 0 Å². The lowest BCUT2D eigenvalue weighted by Gasteiger charge is -2.32. The Morgan fingerprint density at radius 1 is 1.33 bits per heavy atom. The van der Waals surface area contributed by atoms with Crippen molar-refractivity contribution in [2.45, 2.75) is 52.7 Å². The molecule has 0 aliphatic rings. The molecule has 0 bridgehead atoms. The second-order valence-electron chi connectivity index (χ2n) is 4.74. The van der Waals surface area contributed by atoms with Crippen molar-refractivity contribution in [1.29, 1.82) is 0 Å². The van der Waals surface area contributed by atoms with Crippen LogP contribution in [-0.4, -0.2) is 17.7 Å². The average molecular weight is 314 g/mol. The predicted octanol–water partition coefficient (Wildman–Crippen LogP) is 4.35. The molecule has 1 N–H and O–H groups in total. The predicted molar refractivity (Wildman–Crippen MR) is 82.1 cm³/mol. The Balaban J connectivity index is 3.03. The number of nitrogens with zero attached hydrogens (tertiary/aromatic N) is 1. The van der Waals surface area contributed by atoms with Crippen LogP contribution in [0.4, 0.5) is 5.69 Å². The normalized spacial score (nSPS) is 12.5. The third-order valence-corrected chi connectivity index (χ3v) is 3.89. The van der Waals surface area contributed by atoms with Crippen LogP contribution in [-0.2, 0) is 6.61 Å². The van der Waals surface area contributed by atoms with Crippen molar-refractivity contribution in [2.24, 2.45) is 0 Å². The van der Waals surface area contributed by atoms with Crippen molar-refractivity contribution in [2.75, 3.05) is 11.4 Å². The summed E-state index contributed by atoms with van der Waals surface area (Å²) in [6, 6.07) is 6.67. The highest BCUT2D eigenvalue weighted by molar-refractivity contribution is 9.10. The first kappa shape index (κ1) is 15.5. The van der Waals surface area contributed by atoms with Gasteiger partial charge in [0.2, 0.25) is 0 Å². The molecule has 1 unspecified atom stereocenters. The van der Waals surface area contributed by atoms with Crippen molar-refractivity contribution >= 4 is 21.6 Å². The molecule has 1 aromatic rings. The van der Waals surface area contributed by atoms with Gasteiger partial charge >= 0.3 is 0 Å². The minimum atomic E-state index is 0.0911. The van der Waals surface area contributed by atoms with Gasteiger partial charge in [0.15, 0.2) is 0 Å². The van der Waals surface area contributed by atoms with E-state index >= 15 is 0 Å². The van der Waals surface area contributed by atoms with E-state index < -0.39 is 0 Å². The minimum Gasteiger partial charge on any atom is -0.392 e. The third-order valence-electron chi connectivity index (χ3n) is 3.40. The summed E-state index contributed by atoms with van der Waals surface area (Å²) < 4.78 is 1.02. The molecular weight excluding hydrogens is 290 g/mol. The second-order valence-corrected chi connectivity index (χ2v) is 5.65. The van der Waals surface area contributed by atoms with Crippen molar-refractivity contribution in [3.05, 3.63) is 28.2 Å². The fourth-order valence-corrected chi connectivity index (χ4v) is 2.50. The summed E-state index contributed by atoms with van der Waals surface area (Å²) in [4.78, 5) is 2.42. The Morgan fingerprint density at radius 2 is 2.06 bits per heavy atom. The quantitative estimate of drug-likeness (QED) is 0.809. The van der Waals surface area contributed by atoms with E-state index in [0.717, 1.165) is 23.0 Å². The monoisotopic (exact) mass is 313 g/mol. The lowest BCUT2D eigenvalue weighted by Crippen LogP contribution is -2.34. The molecule has 0 saturated carbocycles. The van der Waals surface area contributed by atoms with Crippen LogP contribution >= 0.6 is 15.9 Å². The molecule has 0 saturated heterocycles. The van der Waals surface area contributed by atoms with E-state index in [9.17, 15) is 5.11 Å². The fourth-order valence-electron chi connectivity index (χ4n) is 2.09. The van der Waals surface area contributed by atoms with Crippen molar-refractivity contribution in [3.63, 3.8) is 0 Å². The van der Waals surface area contributed by atoms with Gasteiger partial charge < -0.3 is 10.0 Å². The molecule has 0 amide bonds. The highest BCUT2D eigenvalue weighted by atomic mass is 79.9. The molecule has 0 aliphatic carbocycles. The van der Waals surface area contributed by atoms with Crippen LogP contribution in [0.2, 0.25) is 0 Å². The summed E-state index contributed by atoms with van der Waals surface area (Å²) in [7, 11) is 0. The maximum absolute atomic E-state index is 9.52. The SMILES string of the molecule is CCCCN(c1ccc(Br)cc1CO)C(C)CC. The van der Waals surface area contributed by atoms with Crippen molar-refractivity contribution < 1.29 is 5.11 Å². The van der Waals surface area contributed by atoms with E-state index in [0.29, 0.717) is 6.04 Å². The zero-order valence-electron chi connectivity index (χ0n) is 11.6. The van der Waals surface area contributed by atoms with E-state index in [1.54, 1.807) is 0 Å². The van der Waals surface area contributed by atoms with E-state index in [1.807, 2.05) is 6.07 Å². The van der Waals surface area contributed by atoms with Gasteiger partial charge in [0.05, 0.1) is 6.61 Å². The molecule has 0 aliphatic heterocycles. The summed E-state index contributed by atoms with van der Waals surface area (Å²) >= 11 is 3.46. The number of unbranched alkanes of at least 4 members (excludes halogenated alkanes) is 1. The number of rotatable bonds is 7. The van der Waals surface area contributed by atoms with Crippen LogP contribution in [0.5, 0.6) is 0 Å². The molecule has 1 atom stereocenters. The van der Waals surface area contributed by atoms with Crippen LogP contribution < -0.4 is 4.90 Å². The highest BCUT2D eigenvalue weighted by Gasteiger charge is 2.15. The summed E-state index contributed by atoms with van der Waals surface area (Å²) in [5.41, 5.74) is 2.17. The Morgan fingerprint density at radius 3 is 2.61 bits per heavy atom. The minimum absolute atomic E-state index is 0.0911. The Bertz CT molecular complexity index is 368. The number of hydrogen-bond acceptors (Lipinski definition) is 2. The lowest BCUT2D eigenvalue weighted by molar-refractivity contribution is 0.281. The molecule has 2 nitrogen and oxygen atoms in total. The van der Waals surface area contributed by atoms with E-state index in [-0.39, 0.29) is 6.61 Å². The molecule has 0 radical (unpaired) electrons. The lowest BCUT2D eigenvalue weighted by atomic mass is 10.1. The zero-order valence-corrected chi connectivity index (χ0v) is 13.2. The first-order valence-corrected chi connectivity index (χ1v) is 7.59. The maximum atomic E-state index is 9.52. The summed E-state index contributed by atoms with van der Waals surface area (Å²) in [5.74, 6) is 0. The van der Waals surface area contributed by atoms with Gasteiger partial charge in [0.1, 0.15) is 0 Å². The number of benzene rings is 1. The fraction of sp³-hybridized carbons (Fsp3) is 0.600. The largest absolute Gasteiger partial charge is 0.392 e. The van der Waals surface area contributed by atoms with Crippen molar-refractivity contribution in [1.82, 2.24) is 0 Å². The summed E-state index contributed by atoms with van der Waals surface area (Å²) in [5, 5.41) is 9.52. The van der Waals surface area contributed by atoms with Gasteiger partial charge in [0.25, 0.3) is 0 Å². The Kier molecular flexibility index (Phi) is 6.72. The first-order valence-electron chi connectivity index (χ1n) is 6.79. The molecule has 0 spiro atoms. The summed E-state index contributed by atoms with van der Waals surface area (Å²) in [6.45, 7) is 7.82. The maximum Gasteiger partial charge on any atom is 0.0702 e. The molecule has 18 heavy (non-hydrogen) atoms. The molecular formula is C15H24BrNO. The molecule has 0 aromatic heterocycles. The smallest absolute Gasteiger partial charge is 0.0702 e. The van der Waals surface area contributed by atoms with Gasteiger partial charge in [0, 0.05) is 28.3 Å². The Hall–Kier alpha value is -0.540. The van der Waals surface area contributed by atoms with Gasteiger partial charge in [-0.1, -0.05) is 36.2 Å². The molecule has 3 heteroatoms. The van der Waals surface area contributed by atoms with Crippen LogP contribution in [0.1, 0.15) is 45.6 Å². The molecule has 0 fully saturated rings. The average Bonchev–Trinajstić information content (AvgIpc) is 2.39. The number of hydrogen-bond donors (Lipinski definition) is 1. The van der Waals surface area contributed by atoms with Crippen LogP contribution in [0, 0.1) is 0 Å². The van der Waals surface area contributed by atoms with Gasteiger partial charge in [-0.15, -0.1) is 0 Å². The van der Waals surface area contributed by atoms with Gasteiger partial charge in [-0.05, 0) is 38.0 Å². The van der Waals surface area contributed by atoms with Gasteiger partial charge in [-0.3, -0.25) is 0 Å². The molecule has 0 heterocycles. The zero-order chi connectivity index (χ0) is 13.5. The van der Waals surface area contributed by atoms with Crippen molar-refractivity contribution in [3.8, 4) is 0 Å². The summed E-state index contributed by atoms with van der Waals surface area (Å²) in [6.07, 6.45) is 3.49. The topological polar surface area (TPSA) is 23.5 Å². The third kappa shape index (κ3) is 3.99. The molecule has 1 aromatic carbocycles. The van der Waals surface area contributed by atoms with Crippen LogP contribution in [0.3, 0.4) is 0 Å². The standard InChI is InChI=1S/C15H24BrNO/c1-4-6-9-17(12(3)5-2)15-8-7-14(16)10-13(15)11-18/h7-8,10,12,18H,4-6,9,11H2,1-3H3. The highest BCUT2D eigenvalue weighted by Crippen LogP contribution is 2.27. The number of aliphatic hydroxyl groups is 1. The van der Waals surface area contributed by atoms with E-state index in [1.165, 1.54) is 18.5 Å². The van der Waals surface area contributed by atoms with E-state index in [4.69, 9.17) is 0 Å². The van der Waals surface area contributed by atoms with Crippen LogP contribution in [0.25, 0.3) is 0 Å². The Labute approximate surface area is 119 Å². The number of anilines is 1. The van der Waals surface area contributed by atoms with Crippen LogP contribution in [0.15, 0.2) is 22.7 Å². The molecule has 1 rings (SSSR count). The number of halogens is 1. The first-order chi connectivity index (χ1) is 8.63.